The number of amides is 2. The van der Waals surface area contributed by atoms with Gasteiger partial charge in [-0.25, -0.2) is 4.99 Å². The number of nitrogens with one attached hydrogen (secondary N) is 2. The number of rotatable bonds is 4. The van der Waals surface area contributed by atoms with Gasteiger partial charge in [0, 0.05) is 24.3 Å². The number of guanidine groups is 1. The van der Waals surface area contributed by atoms with E-state index in [1.165, 1.54) is 0 Å². The van der Waals surface area contributed by atoms with E-state index >= 15 is 0 Å². The third kappa shape index (κ3) is 6.45. The van der Waals surface area contributed by atoms with Crippen LogP contribution in [-0.4, -0.2) is 42.3 Å². The van der Waals surface area contributed by atoms with Crippen molar-refractivity contribution >= 4 is 47.4 Å². The second kappa shape index (κ2) is 10.2. The largest absolute Gasteiger partial charge is 0.370 e. The van der Waals surface area contributed by atoms with Crippen molar-refractivity contribution in [2.24, 2.45) is 10.7 Å². The van der Waals surface area contributed by atoms with Gasteiger partial charge in [-0.15, -0.1) is 24.0 Å². The van der Waals surface area contributed by atoms with E-state index in [1.54, 1.807) is 17.0 Å². The molecule has 4 N–H and O–H groups in total. The fourth-order valence-corrected chi connectivity index (χ4v) is 3.16. The number of aliphatic imine (C=N–C) groups is 1. The summed E-state index contributed by atoms with van der Waals surface area (Å²) in [5.41, 5.74) is 10.7. The van der Waals surface area contributed by atoms with Crippen LogP contribution in [0.25, 0.3) is 0 Å². The highest BCUT2D eigenvalue weighted by atomic mass is 127. The maximum atomic E-state index is 12.5. The summed E-state index contributed by atoms with van der Waals surface area (Å²) in [7, 11) is 0. The van der Waals surface area contributed by atoms with Crippen molar-refractivity contribution in [1.82, 2.24) is 10.2 Å². The van der Waals surface area contributed by atoms with E-state index in [-0.39, 0.29) is 42.3 Å². The van der Waals surface area contributed by atoms with Crippen LogP contribution < -0.4 is 16.4 Å². The molecule has 8 heteroatoms. The van der Waals surface area contributed by atoms with Crippen molar-refractivity contribution in [3.05, 3.63) is 64.7 Å². The number of hydrogen-bond donors (Lipinski definition) is 3. The lowest BCUT2D eigenvalue weighted by atomic mass is 10.1. The summed E-state index contributed by atoms with van der Waals surface area (Å²) in [6.45, 7) is 5.59. The highest BCUT2D eigenvalue weighted by Crippen LogP contribution is 2.14. The van der Waals surface area contributed by atoms with Crippen LogP contribution in [0.4, 0.5) is 5.69 Å². The number of hydrogen-bond acceptors (Lipinski definition) is 3. The van der Waals surface area contributed by atoms with Crippen molar-refractivity contribution in [2.75, 3.05) is 25.0 Å². The van der Waals surface area contributed by atoms with E-state index in [2.05, 4.69) is 21.7 Å². The van der Waals surface area contributed by atoms with Gasteiger partial charge >= 0.3 is 0 Å². The van der Waals surface area contributed by atoms with E-state index < -0.39 is 0 Å². The topological polar surface area (TPSA) is 99.8 Å². The second-order valence-electron chi connectivity index (χ2n) is 6.98. The zero-order valence-corrected chi connectivity index (χ0v) is 18.9. The van der Waals surface area contributed by atoms with Gasteiger partial charge in [0.05, 0.1) is 13.1 Å². The van der Waals surface area contributed by atoms with Crippen LogP contribution in [0.1, 0.15) is 27.0 Å². The van der Waals surface area contributed by atoms with E-state index in [4.69, 9.17) is 5.73 Å². The van der Waals surface area contributed by atoms with Crippen molar-refractivity contribution in [3.8, 4) is 0 Å². The normalized spacial score (nSPS) is 14.1. The van der Waals surface area contributed by atoms with Crippen molar-refractivity contribution in [1.29, 1.82) is 0 Å². The number of carbonyl (C=O) groups excluding carboxylic acids is 2. The molecule has 2 aromatic carbocycles. The first-order valence-electron chi connectivity index (χ1n) is 9.21. The van der Waals surface area contributed by atoms with Gasteiger partial charge in [-0.2, -0.15) is 0 Å². The molecule has 1 aliphatic rings. The van der Waals surface area contributed by atoms with Crippen molar-refractivity contribution in [2.45, 2.75) is 20.4 Å². The second-order valence-corrected chi connectivity index (χ2v) is 6.98. The molecule has 0 atom stereocenters. The molecule has 2 amide bonds. The molecule has 7 nitrogen and oxygen atoms in total. The summed E-state index contributed by atoms with van der Waals surface area (Å²) in [6.07, 6.45) is 0. The molecule has 0 radical (unpaired) electrons. The molecular weight excluding hydrogens is 481 g/mol. The summed E-state index contributed by atoms with van der Waals surface area (Å²) < 4.78 is 0. The minimum atomic E-state index is -0.138. The SMILES string of the molecule is Cc1cc(C)cc(NC(N)=NCc2ccc(C(=O)N3CCNC(=O)C3)cc2)c1.I. The maximum absolute atomic E-state index is 12.5. The molecule has 1 fully saturated rings. The third-order valence-electron chi connectivity index (χ3n) is 4.45. The molecule has 1 saturated heterocycles. The Bertz CT molecular complexity index is 892. The van der Waals surface area contributed by atoms with Crippen LogP contribution in [0, 0.1) is 13.8 Å². The standard InChI is InChI=1S/C21H25N5O2.HI/c1-14-9-15(2)11-18(10-14)25-21(22)24-12-16-3-5-17(6-4-16)20(28)26-8-7-23-19(27)13-26;/h3-6,9-11H,7-8,12-13H2,1-2H3,(H,23,27)(H3,22,24,25);1H. The van der Waals surface area contributed by atoms with Gasteiger partial charge in [0.1, 0.15) is 0 Å². The Balaban J connectivity index is 0.00000300. The molecular formula is C21H26IN5O2. The summed E-state index contributed by atoms with van der Waals surface area (Å²) in [5, 5.41) is 5.81. The predicted molar refractivity (Wildman–Crippen MR) is 126 cm³/mol. The number of piperazine rings is 1. The number of nitrogens with two attached hydrogens (primary N) is 1. The van der Waals surface area contributed by atoms with Gasteiger partial charge in [-0.3, -0.25) is 9.59 Å². The monoisotopic (exact) mass is 507 g/mol. The van der Waals surface area contributed by atoms with Gasteiger partial charge in [-0.05, 0) is 54.8 Å². The number of benzene rings is 2. The van der Waals surface area contributed by atoms with Gasteiger partial charge in [0.25, 0.3) is 5.91 Å². The highest BCUT2D eigenvalue weighted by Gasteiger charge is 2.21. The molecule has 0 spiro atoms. The molecule has 154 valence electrons. The molecule has 2 aromatic rings. The van der Waals surface area contributed by atoms with E-state index in [9.17, 15) is 9.59 Å². The van der Waals surface area contributed by atoms with Gasteiger partial charge in [0.2, 0.25) is 5.91 Å². The van der Waals surface area contributed by atoms with Crippen LogP contribution in [0.15, 0.2) is 47.5 Å². The van der Waals surface area contributed by atoms with Crippen LogP contribution in [0.5, 0.6) is 0 Å². The molecule has 0 aliphatic carbocycles. The summed E-state index contributed by atoms with van der Waals surface area (Å²) in [5.74, 6) is 0.0720. The number of halogens is 1. The lowest BCUT2D eigenvalue weighted by Crippen LogP contribution is -2.49. The molecule has 29 heavy (non-hydrogen) atoms. The first kappa shape index (κ1) is 22.7. The Labute approximate surface area is 187 Å². The molecule has 1 aliphatic heterocycles. The lowest BCUT2D eigenvalue weighted by molar-refractivity contribution is -0.123. The van der Waals surface area contributed by atoms with Crippen molar-refractivity contribution in [3.63, 3.8) is 0 Å². The third-order valence-corrected chi connectivity index (χ3v) is 4.45. The molecule has 0 bridgehead atoms. The minimum absolute atomic E-state index is 0. The fraction of sp³-hybridized carbons (Fsp3) is 0.286. The number of anilines is 1. The highest BCUT2D eigenvalue weighted by molar-refractivity contribution is 14.0. The molecule has 1 heterocycles. The van der Waals surface area contributed by atoms with Gasteiger partial charge in [0.15, 0.2) is 5.96 Å². The Hall–Kier alpha value is -2.62. The average molecular weight is 507 g/mol. The van der Waals surface area contributed by atoms with Crippen LogP contribution in [0.2, 0.25) is 0 Å². The first-order valence-corrected chi connectivity index (χ1v) is 9.21. The summed E-state index contributed by atoms with van der Waals surface area (Å²) in [6, 6.07) is 13.3. The Morgan fingerprint density at radius 3 is 2.45 bits per heavy atom. The Kier molecular flexibility index (Phi) is 8.00. The van der Waals surface area contributed by atoms with E-state index in [0.29, 0.717) is 31.2 Å². The first-order chi connectivity index (χ1) is 13.4. The molecule has 0 aromatic heterocycles. The Morgan fingerprint density at radius 1 is 1.17 bits per heavy atom. The Morgan fingerprint density at radius 2 is 1.83 bits per heavy atom. The van der Waals surface area contributed by atoms with E-state index in [0.717, 1.165) is 22.4 Å². The van der Waals surface area contributed by atoms with E-state index in [1.807, 2.05) is 38.1 Å². The minimum Gasteiger partial charge on any atom is -0.370 e. The summed E-state index contributed by atoms with van der Waals surface area (Å²) in [4.78, 5) is 29.8. The molecule has 0 unspecified atom stereocenters. The van der Waals surface area contributed by atoms with Crippen LogP contribution in [0.3, 0.4) is 0 Å². The van der Waals surface area contributed by atoms with Crippen molar-refractivity contribution < 1.29 is 9.59 Å². The zero-order valence-electron chi connectivity index (χ0n) is 16.6. The number of aryl methyl sites for hydroxylation is 2. The predicted octanol–water partition coefficient (Wildman–Crippen LogP) is 2.42. The zero-order chi connectivity index (χ0) is 20.1. The molecule has 0 saturated carbocycles. The van der Waals surface area contributed by atoms with Crippen LogP contribution in [-0.2, 0) is 11.3 Å². The average Bonchev–Trinajstić information content (AvgIpc) is 2.65. The smallest absolute Gasteiger partial charge is 0.254 e. The van der Waals surface area contributed by atoms with Crippen LogP contribution >= 0.6 is 24.0 Å². The fourth-order valence-electron chi connectivity index (χ4n) is 3.16. The van der Waals surface area contributed by atoms with Gasteiger partial charge < -0.3 is 21.3 Å². The van der Waals surface area contributed by atoms with Gasteiger partial charge in [-0.1, -0.05) is 18.2 Å². The summed E-state index contributed by atoms with van der Waals surface area (Å²) >= 11 is 0. The number of carbonyl (C=O) groups is 2. The lowest BCUT2D eigenvalue weighted by Gasteiger charge is -2.26. The molecule has 3 rings (SSSR count). The number of nitrogens with zero attached hydrogens (tertiary/aromatic N) is 2. The quantitative estimate of drug-likeness (QED) is 0.336. The maximum Gasteiger partial charge on any atom is 0.254 e.